The zero-order valence-corrected chi connectivity index (χ0v) is 24.4. The lowest BCUT2D eigenvalue weighted by molar-refractivity contribution is -0.141. The third kappa shape index (κ3) is 9.21. The van der Waals surface area contributed by atoms with Gasteiger partial charge in [-0.3, -0.25) is 14.7 Å². The first kappa shape index (κ1) is 29.3. The quantitative estimate of drug-likeness (QED) is 0.223. The Morgan fingerprint density at radius 3 is 2.44 bits per heavy atom. The molecule has 4 nitrogen and oxygen atoms in total. The molecule has 0 atom stereocenters. The second kappa shape index (κ2) is 15.8. The highest BCUT2D eigenvalue weighted by Crippen LogP contribution is 2.34. The van der Waals surface area contributed by atoms with Gasteiger partial charge < -0.3 is 4.90 Å². The fourth-order valence-electron chi connectivity index (χ4n) is 6.37. The number of benzene rings is 1. The number of pyridine rings is 1. The van der Waals surface area contributed by atoms with Crippen molar-refractivity contribution in [3.05, 3.63) is 65.5 Å². The Balaban J connectivity index is 1.42. The molecule has 1 amide bonds. The summed E-state index contributed by atoms with van der Waals surface area (Å²) in [5.41, 5.74) is 3.58. The smallest absolute Gasteiger partial charge is 0.226 e. The monoisotopic (exact) mass is 527 g/mol. The van der Waals surface area contributed by atoms with Crippen molar-refractivity contribution in [3.8, 4) is 11.8 Å². The zero-order chi connectivity index (χ0) is 27.3. The van der Waals surface area contributed by atoms with Gasteiger partial charge in [-0.15, -0.1) is 0 Å². The van der Waals surface area contributed by atoms with Crippen LogP contribution in [-0.4, -0.2) is 39.8 Å². The minimum Gasteiger partial charge on any atom is -0.335 e. The minimum atomic E-state index is 0.190. The van der Waals surface area contributed by atoms with Crippen molar-refractivity contribution in [2.24, 2.45) is 11.8 Å². The van der Waals surface area contributed by atoms with Crippen LogP contribution >= 0.6 is 0 Å². The number of likely N-dealkylation sites (tertiary alicyclic amines) is 1. The highest BCUT2D eigenvalue weighted by Gasteiger charge is 2.34. The van der Waals surface area contributed by atoms with E-state index in [4.69, 9.17) is 0 Å². The van der Waals surface area contributed by atoms with Gasteiger partial charge in [0.15, 0.2) is 0 Å². The Kier molecular flexibility index (Phi) is 11.9. The van der Waals surface area contributed by atoms with Crippen molar-refractivity contribution in [1.29, 1.82) is 0 Å². The molecule has 0 spiro atoms. The number of hydrogen-bond acceptors (Lipinski definition) is 3. The van der Waals surface area contributed by atoms with Gasteiger partial charge in [0.2, 0.25) is 5.91 Å². The Bertz CT molecular complexity index is 1060. The molecule has 4 rings (SSSR count). The van der Waals surface area contributed by atoms with Gasteiger partial charge in [0.1, 0.15) is 0 Å². The van der Waals surface area contributed by atoms with Crippen LogP contribution in [0, 0.1) is 23.7 Å². The Morgan fingerprint density at radius 2 is 1.72 bits per heavy atom. The average molecular weight is 528 g/mol. The van der Waals surface area contributed by atoms with Gasteiger partial charge in [0.25, 0.3) is 0 Å². The molecule has 0 N–H and O–H groups in total. The maximum absolute atomic E-state index is 14.1. The number of rotatable bonds is 11. The van der Waals surface area contributed by atoms with Gasteiger partial charge in [-0.25, -0.2) is 0 Å². The summed E-state index contributed by atoms with van der Waals surface area (Å²) in [4.78, 5) is 23.1. The fraction of sp³-hybridized carbons (Fsp3) is 0.600. The van der Waals surface area contributed by atoms with Crippen LogP contribution in [0.15, 0.2) is 48.8 Å². The van der Waals surface area contributed by atoms with Gasteiger partial charge in [-0.2, -0.15) is 0 Å². The van der Waals surface area contributed by atoms with Crippen molar-refractivity contribution in [2.45, 2.75) is 110 Å². The molecule has 2 aromatic rings. The van der Waals surface area contributed by atoms with Gasteiger partial charge >= 0.3 is 0 Å². The van der Waals surface area contributed by atoms with Gasteiger partial charge in [-0.05, 0) is 86.3 Å². The summed E-state index contributed by atoms with van der Waals surface area (Å²) in [6, 6.07) is 13.1. The molecule has 1 aromatic heterocycles. The molecule has 39 heavy (non-hydrogen) atoms. The summed E-state index contributed by atoms with van der Waals surface area (Å²) >= 11 is 0. The van der Waals surface area contributed by atoms with E-state index < -0.39 is 0 Å². The first-order chi connectivity index (χ1) is 19.2. The molecule has 210 valence electrons. The largest absolute Gasteiger partial charge is 0.335 e. The minimum absolute atomic E-state index is 0.190. The van der Waals surface area contributed by atoms with Crippen LogP contribution in [0.1, 0.15) is 108 Å². The van der Waals surface area contributed by atoms with Crippen LogP contribution in [0.4, 0.5) is 0 Å². The number of piperidine rings is 1. The molecule has 0 radical (unpaired) electrons. The lowest BCUT2D eigenvalue weighted by Gasteiger charge is -2.41. The number of aromatic nitrogens is 1. The molecule has 1 saturated carbocycles. The number of unbranched alkanes of at least 4 members (excludes halogenated alkanes) is 3. The zero-order valence-electron chi connectivity index (χ0n) is 24.4. The molecular weight excluding hydrogens is 478 g/mol. The standard InChI is InChI=1S/C35H49N3O/c1-3-5-7-10-29-14-16-33(17-15-29)35(39)38(28-32-13-9-12-30(26-32)11-8-6-4-2)34-20-24-37(25-21-34)27-31-18-22-36-23-19-31/h9,12-13,18-19,22-23,26,29,33-34H,3-7,10,14-17,20-21,24-25,27-28H2,1-2H3/t29-,33-. The number of amides is 1. The van der Waals surface area contributed by atoms with Crippen molar-refractivity contribution < 1.29 is 4.79 Å². The maximum Gasteiger partial charge on any atom is 0.226 e. The third-order valence-electron chi connectivity index (χ3n) is 8.74. The summed E-state index contributed by atoms with van der Waals surface area (Å²) in [6.45, 7) is 8.17. The second-order valence-electron chi connectivity index (χ2n) is 11.8. The average Bonchev–Trinajstić information content (AvgIpc) is 2.98. The third-order valence-corrected chi connectivity index (χ3v) is 8.74. The van der Waals surface area contributed by atoms with Gasteiger partial charge in [0, 0.05) is 62.5 Å². The molecule has 2 fully saturated rings. The summed E-state index contributed by atoms with van der Waals surface area (Å²) in [6.07, 6.45) is 17.7. The van der Waals surface area contributed by atoms with Crippen LogP contribution in [0.25, 0.3) is 0 Å². The molecule has 0 unspecified atom stereocenters. The predicted molar refractivity (Wildman–Crippen MR) is 161 cm³/mol. The predicted octanol–water partition coefficient (Wildman–Crippen LogP) is 7.61. The molecule has 2 aliphatic rings. The second-order valence-corrected chi connectivity index (χ2v) is 11.8. The lowest BCUT2D eigenvalue weighted by Crippen LogP contribution is -2.49. The topological polar surface area (TPSA) is 36.4 Å². The van der Waals surface area contributed by atoms with Crippen LogP contribution in [0.2, 0.25) is 0 Å². The highest BCUT2D eigenvalue weighted by atomic mass is 16.2. The Labute approximate surface area is 237 Å². The highest BCUT2D eigenvalue weighted by molar-refractivity contribution is 5.79. The summed E-state index contributed by atoms with van der Waals surface area (Å²) < 4.78 is 0. The molecule has 0 bridgehead atoms. The van der Waals surface area contributed by atoms with Gasteiger partial charge in [-0.1, -0.05) is 63.5 Å². The van der Waals surface area contributed by atoms with Crippen LogP contribution in [0.3, 0.4) is 0 Å². The van der Waals surface area contributed by atoms with Crippen molar-refractivity contribution in [1.82, 2.24) is 14.8 Å². The summed E-state index contributed by atoms with van der Waals surface area (Å²) in [5, 5.41) is 0. The van der Waals surface area contributed by atoms with Crippen LogP contribution < -0.4 is 0 Å². The maximum atomic E-state index is 14.1. The number of carbonyl (C=O) groups is 1. The fourth-order valence-corrected chi connectivity index (χ4v) is 6.37. The molecule has 4 heteroatoms. The molecule has 1 aliphatic carbocycles. The first-order valence-electron chi connectivity index (χ1n) is 15.7. The van der Waals surface area contributed by atoms with E-state index in [1.807, 2.05) is 12.4 Å². The van der Waals surface area contributed by atoms with Crippen molar-refractivity contribution in [2.75, 3.05) is 13.1 Å². The van der Waals surface area contributed by atoms with E-state index in [9.17, 15) is 4.79 Å². The molecule has 1 saturated heterocycles. The Morgan fingerprint density at radius 1 is 0.949 bits per heavy atom. The van der Waals surface area contributed by atoms with Crippen molar-refractivity contribution in [3.63, 3.8) is 0 Å². The SMILES string of the molecule is CCCC#Cc1cccc(CN(C(=O)[C@H]2CC[C@H](CCCCC)CC2)C2CCN(Cc3ccncc3)CC2)c1. The normalized spacial score (nSPS) is 20.3. The Hall–Kier alpha value is -2.64. The molecule has 1 aliphatic heterocycles. The number of hydrogen-bond donors (Lipinski definition) is 0. The van der Waals surface area contributed by atoms with E-state index in [0.29, 0.717) is 18.5 Å². The van der Waals surface area contributed by atoms with E-state index in [-0.39, 0.29) is 5.92 Å². The van der Waals surface area contributed by atoms with Crippen LogP contribution in [0.5, 0.6) is 0 Å². The number of carbonyl (C=O) groups excluding carboxylic acids is 1. The van der Waals surface area contributed by atoms with E-state index in [1.165, 1.54) is 49.7 Å². The summed E-state index contributed by atoms with van der Waals surface area (Å²) in [5.74, 6) is 8.01. The molecule has 1 aromatic carbocycles. The van der Waals surface area contributed by atoms with Crippen LogP contribution in [-0.2, 0) is 17.9 Å². The van der Waals surface area contributed by atoms with E-state index in [1.54, 1.807) is 0 Å². The van der Waals surface area contributed by atoms with E-state index >= 15 is 0 Å². The van der Waals surface area contributed by atoms with E-state index in [2.05, 4.69) is 76.9 Å². The van der Waals surface area contributed by atoms with Crippen molar-refractivity contribution >= 4 is 5.91 Å². The molecular formula is C35H49N3O. The summed E-state index contributed by atoms with van der Waals surface area (Å²) in [7, 11) is 0. The van der Waals surface area contributed by atoms with Gasteiger partial charge in [0.05, 0.1) is 0 Å². The first-order valence-corrected chi connectivity index (χ1v) is 15.7. The van der Waals surface area contributed by atoms with E-state index in [0.717, 1.165) is 69.6 Å². The lowest BCUT2D eigenvalue weighted by atomic mass is 9.79. The molecule has 2 heterocycles. The number of nitrogens with zero attached hydrogens (tertiary/aromatic N) is 3.